The first-order chi connectivity index (χ1) is 9.71. The summed E-state index contributed by atoms with van der Waals surface area (Å²) in [5.74, 6) is 0.0752. The Labute approximate surface area is 122 Å². The molecule has 3 heteroatoms. The molecule has 2 aromatic carbocycles. The summed E-state index contributed by atoms with van der Waals surface area (Å²) in [6.45, 7) is 0. The maximum absolute atomic E-state index is 11.8. The first-order valence-corrected chi connectivity index (χ1v) is 6.53. The number of ketones is 1. The van der Waals surface area contributed by atoms with Gasteiger partial charge in [0.25, 0.3) is 0 Å². The van der Waals surface area contributed by atoms with E-state index in [2.05, 4.69) is 10.6 Å². The monoisotopic (exact) mass is 272 g/mol. The van der Waals surface area contributed by atoms with E-state index in [0.717, 1.165) is 11.1 Å². The van der Waals surface area contributed by atoms with Crippen LogP contribution in [0.1, 0.15) is 15.9 Å². The van der Waals surface area contributed by atoms with E-state index >= 15 is 0 Å². The molecule has 0 saturated heterocycles. The lowest BCUT2D eigenvalue weighted by Gasteiger charge is -1.99. The van der Waals surface area contributed by atoms with Crippen LogP contribution in [0.2, 0.25) is 0 Å². The molecule has 20 heavy (non-hydrogen) atoms. The minimum Gasteiger partial charge on any atom is -0.323 e. The Kier molecular flexibility index (Phi) is 10.9. The number of benzene rings is 2. The minimum absolute atomic E-state index is 0.0752. The predicted octanol–water partition coefficient (Wildman–Crippen LogP) is 2.59. The van der Waals surface area contributed by atoms with Crippen molar-refractivity contribution in [2.45, 2.75) is 0 Å². The standard InChI is InChI=1S/C13H10O.2C2H7N/c14-13(11-7-3-1-4-8-11)12-9-5-2-6-10-12;2*1-3-2/h1-10H;2*3H,1-2H3. The van der Waals surface area contributed by atoms with E-state index in [-0.39, 0.29) is 5.78 Å². The molecule has 2 N–H and O–H groups in total. The second-order valence-corrected chi connectivity index (χ2v) is 4.06. The molecule has 0 fully saturated rings. The highest BCUT2D eigenvalue weighted by Crippen LogP contribution is 2.08. The van der Waals surface area contributed by atoms with Crippen molar-refractivity contribution < 1.29 is 4.79 Å². The average Bonchev–Trinajstić information content (AvgIpc) is 2.50. The van der Waals surface area contributed by atoms with Gasteiger partial charge in [-0.3, -0.25) is 4.79 Å². The molecular weight excluding hydrogens is 248 g/mol. The van der Waals surface area contributed by atoms with E-state index in [4.69, 9.17) is 0 Å². The van der Waals surface area contributed by atoms with Crippen LogP contribution in [0.4, 0.5) is 0 Å². The van der Waals surface area contributed by atoms with Crippen molar-refractivity contribution in [2.24, 2.45) is 0 Å². The molecule has 2 aromatic rings. The van der Waals surface area contributed by atoms with Crippen molar-refractivity contribution in [3.8, 4) is 0 Å². The summed E-state index contributed by atoms with van der Waals surface area (Å²) in [6, 6.07) is 18.6. The predicted molar refractivity (Wildman–Crippen MR) is 86.3 cm³/mol. The smallest absolute Gasteiger partial charge is 0.193 e. The summed E-state index contributed by atoms with van der Waals surface area (Å²) in [5.41, 5.74) is 1.47. The summed E-state index contributed by atoms with van der Waals surface area (Å²) < 4.78 is 0. The second kappa shape index (κ2) is 12.1. The maximum atomic E-state index is 11.8. The van der Waals surface area contributed by atoms with Crippen LogP contribution < -0.4 is 10.6 Å². The van der Waals surface area contributed by atoms with Gasteiger partial charge in [-0.25, -0.2) is 0 Å². The van der Waals surface area contributed by atoms with Crippen molar-refractivity contribution in [3.05, 3.63) is 71.8 Å². The van der Waals surface area contributed by atoms with Gasteiger partial charge in [-0.2, -0.15) is 0 Å². The highest BCUT2D eigenvalue weighted by Gasteiger charge is 2.06. The second-order valence-electron chi connectivity index (χ2n) is 4.06. The first-order valence-electron chi connectivity index (χ1n) is 6.53. The lowest BCUT2D eigenvalue weighted by Crippen LogP contribution is -1.99. The van der Waals surface area contributed by atoms with Gasteiger partial charge >= 0.3 is 0 Å². The number of hydrogen-bond donors (Lipinski definition) is 2. The molecule has 0 aliphatic heterocycles. The van der Waals surface area contributed by atoms with Crippen LogP contribution in [0.5, 0.6) is 0 Å². The Morgan fingerprint density at radius 3 is 1.15 bits per heavy atom. The number of carbonyl (C=O) groups is 1. The molecule has 0 aromatic heterocycles. The van der Waals surface area contributed by atoms with Gasteiger partial charge in [0.2, 0.25) is 0 Å². The van der Waals surface area contributed by atoms with Crippen LogP contribution in [-0.2, 0) is 0 Å². The highest BCUT2D eigenvalue weighted by molar-refractivity contribution is 6.08. The zero-order valence-electron chi connectivity index (χ0n) is 12.7. The Morgan fingerprint density at radius 2 is 0.900 bits per heavy atom. The van der Waals surface area contributed by atoms with Gasteiger partial charge in [0.05, 0.1) is 0 Å². The van der Waals surface area contributed by atoms with Gasteiger partial charge in [0, 0.05) is 11.1 Å². The number of nitrogens with one attached hydrogen (secondary N) is 2. The van der Waals surface area contributed by atoms with Gasteiger partial charge in [0.15, 0.2) is 5.78 Å². The van der Waals surface area contributed by atoms with Crippen molar-refractivity contribution >= 4 is 5.78 Å². The Balaban J connectivity index is 0.000000520. The summed E-state index contributed by atoms with van der Waals surface area (Å²) in [4.78, 5) is 11.8. The van der Waals surface area contributed by atoms with Crippen LogP contribution in [0.25, 0.3) is 0 Å². The van der Waals surface area contributed by atoms with Crippen molar-refractivity contribution in [1.29, 1.82) is 0 Å². The van der Waals surface area contributed by atoms with Crippen LogP contribution in [0, 0.1) is 0 Å². The molecule has 108 valence electrons. The third-order valence-corrected chi connectivity index (χ3v) is 2.07. The fourth-order valence-electron chi connectivity index (χ4n) is 1.35. The number of hydrogen-bond acceptors (Lipinski definition) is 3. The lowest BCUT2D eigenvalue weighted by molar-refractivity contribution is 0.103. The molecule has 0 amide bonds. The van der Waals surface area contributed by atoms with E-state index in [1.165, 1.54) is 0 Å². The Morgan fingerprint density at radius 1 is 0.650 bits per heavy atom. The fraction of sp³-hybridized carbons (Fsp3) is 0.235. The van der Waals surface area contributed by atoms with Crippen LogP contribution in [0.15, 0.2) is 60.7 Å². The SMILES string of the molecule is CNC.CNC.O=C(c1ccccc1)c1ccccc1. The fourth-order valence-corrected chi connectivity index (χ4v) is 1.35. The molecule has 0 aliphatic rings. The molecule has 0 aliphatic carbocycles. The van der Waals surface area contributed by atoms with Crippen molar-refractivity contribution in [3.63, 3.8) is 0 Å². The highest BCUT2D eigenvalue weighted by atomic mass is 16.1. The molecule has 0 atom stereocenters. The zero-order chi connectivity index (χ0) is 15.2. The molecule has 3 nitrogen and oxygen atoms in total. The van der Waals surface area contributed by atoms with E-state index < -0.39 is 0 Å². The van der Waals surface area contributed by atoms with Gasteiger partial charge in [-0.15, -0.1) is 0 Å². The van der Waals surface area contributed by atoms with Gasteiger partial charge < -0.3 is 10.6 Å². The topological polar surface area (TPSA) is 41.1 Å². The van der Waals surface area contributed by atoms with Gasteiger partial charge in [0.1, 0.15) is 0 Å². The molecular formula is C17H24N2O. The van der Waals surface area contributed by atoms with E-state index in [1.54, 1.807) is 0 Å². The van der Waals surface area contributed by atoms with Crippen LogP contribution in [-0.4, -0.2) is 34.0 Å². The maximum Gasteiger partial charge on any atom is 0.193 e. The largest absolute Gasteiger partial charge is 0.323 e. The zero-order valence-corrected chi connectivity index (χ0v) is 12.7. The van der Waals surface area contributed by atoms with Crippen molar-refractivity contribution in [2.75, 3.05) is 28.2 Å². The summed E-state index contributed by atoms with van der Waals surface area (Å²) in [6.07, 6.45) is 0. The minimum atomic E-state index is 0.0752. The lowest BCUT2D eigenvalue weighted by atomic mass is 10.0. The quantitative estimate of drug-likeness (QED) is 0.826. The Bertz CT molecular complexity index is 411. The molecule has 0 spiro atoms. The van der Waals surface area contributed by atoms with Crippen molar-refractivity contribution in [1.82, 2.24) is 10.6 Å². The molecule has 0 heterocycles. The van der Waals surface area contributed by atoms with E-state index in [9.17, 15) is 4.79 Å². The molecule has 0 saturated carbocycles. The average molecular weight is 272 g/mol. The number of carbonyl (C=O) groups excluding carboxylic acids is 1. The van der Waals surface area contributed by atoms with Crippen LogP contribution >= 0.6 is 0 Å². The van der Waals surface area contributed by atoms with E-state index in [0.29, 0.717) is 0 Å². The molecule has 0 bridgehead atoms. The summed E-state index contributed by atoms with van der Waals surface area (Å²) >= 11 is 0. The third-order valence-electron chi connectivity index (χ3n) is 2.07. The van der Waals surface area contributed by atoms with Gasteiger partial charge in [-0.1, -0.05) is 60.7 Å². The normalized spacial score (nSPS) is 8.60. The van der Waals surface area contributed by atoms with Crippen LogP contribution in [0.3, 0.4) is 0 Å². The molecule has 2 rings (SSSR count). The van der Waals surface area contributed by atoms with Gasteiger partial charge in [-0.05, 0) is 28.2 Å². The first kappa shape index (κ1) is 18.0. The van der Waals surface area contributed by atoms with E-state index in [1.807, 2.05) is 88.9 Å². The summed E-state index contributed by atoms with van der Waals surface area (Å²) in [7, 11) is 7.50. The molecule has 0 radical (unpaired) electrons. The summed E-state index contributed by atoms with van der Waals surface area (Å²) in [5, 5.41) is 5.50. The molecule has 0 unspecified atom stereocenters. The number of rotatable bonds is 2. The Hall–Kier alpha value is -1.97. The third kappa shape index (κ3) is 7.46.